The van der Waals surface area contributed by atoms with Crippen LogP contribution in [0, 0.1) is 18.3 Å². The maximum Gasteiger partial charge on any atom is 0.266 e. The van der Waals surface area contributed by atoms with E-state index in [9.17, 15) is 18.0 Å². The molecule has 2 atom stereocenters. The minimum Gasteiger partial charge on any atom is -0.384 e. The number of hydrogen-bond donors (Lipinski definition) is 3. The Bertz CT molecular complexity index is 1980. The lowest BCUT2D eigenvalue weighted by Crippen LogP contribution is -2.38. The molecule has 1 aliphatic rings. The summed E-state index contributed by atoms with van der Waals surface area (Å²) in [6.07, 6.45) is 7.02. The summed E-state index contributed by atoms with van der Waals surface area (Å²) in [5.41, 5.74) is 8.11. The van der Waals surface area contributed by atoms with E-state index < -0.39 is 27.2 Å². The highest BCUT2D eigenvalue weighted by atomic mass is 35.5. The SMILES string of the molecule is Cc1cc(Cl)ccc1-c1ccc(NC[C@](C=O)(Cc2ccc(C(=O)NCCS(=O)(=O)O)cc2)c2ccc(C3=CC[C@H](C(C)(C)C)CC3)cc2)cc1. The second kappa shape index (κ2) is 16.0. The zero-order chi connectivity index (χ0) is 36.8. The maximum atomic E-state index is 13.3. The monoisotopic (exact) mass is 726 g/mol. The summed E-state index contributed by atoms with van der Waals surface area (Å²) in [6.45, 7) is 9.09. The average Bonchev–Trinajstić information content (AvgIpc) is 3.10. The molecule has 0 aliphatic heterocycles. The van der Waals surface area contributed by atoms with E-state index in [0.717, 1.165) is 59.1 Å². The number of rotatable bonds is 13. The Morgan fingerprint density at radius 2 is 1.61 bits per heavy atom. The molecule has 0 heterocycles. The number of allylic oxidation sites excluding steroid dienone is 2. The number of benzene rings is 4. The molecule has 9 heteroatoms. The highest BCUT2D eigenvalue weighted by Gasteiger charge is 2.33. The second-order valence-electron chi connectivity index (χ2n) is 14.7. The van der Waals surface area contributed by atoms with E-state index in [1.165, 1.54) is 11.1 Å². The van der Waals surface area contributed by atoms with E-state index >= 15 is 0 Å². The molecule has 0 unspecified atom stereocenters. The Morgan fingerprint density at radius 1 is 0.941 bits per heavy atom. The lowest BCUT2D eigenvalue weighted by molar-refractivity contribution is -0.112. The van der Waals surface area contributed by atoms with Crippen LogP contribution in [0.15, 0.2) is 97.1 Å². The number of hydrogen-bond acceptors (Lipinski definition) is 5. The first-order valence-electron chi connectivity index (χ1n) is 17.3. The molecule has 0 radical (unpaired) electrons. The van der Waals surface area contributed by atoms with Crippen LogP contribution < -0.4 is 10.6 Å². The molecule has 4 aromatic carbocycles. The number of amides is 1. The Hall–Kier alpha value is -4.24. The molecule has 7 nitrogen and oxygen atoms in total. The van der Waals surface area contributed by atoms with Gasteiger partial charge in [-0.3, -0.25) is 9.35 Å². The van der Waals surface area contributed by atoms with Gasteiger partial charge in [0.05, 0.1) is 11.2 Å². The van der Waals surface area contributed by atoms with Crippen molar-refractivity contribution in [2.75, 3.05) is 24.2 Å². The van der Waals surface area contributed by atoms with Gasteiger partial charge in [0.15, 0.2) is 0 Å². The Morgan fingerprint density at radius 3 is 2.18 bits per heavy atom. The molecule has 4 aromatic rings. The molecule has 1 amide bonds. The molecule has 0 aromatic heterocycles. The average molecular weight is 727 g/mol. The number of carbonyl (C=O) groups excluding carboxylic acids is 2. The van der Waals surface area contributed by atoms with Crippen molar-refractivity contribution < 1.29 is 22.6 Å². The molecule has 268 valence electrons. The number of anilines is 1. The first-order chi connectivity index (χ1) is 24.2. The van der Waals surface area contributed by atoms with Gasteiger partial charge in [-0.2, -0.15) is 8.42 Å². The third-order valence-electron chi connectivity index (χ3n) is 10.1. The summed E-state index contributed by atoms with van der Waals surface area (Å²) >= 11 is 6.17. The minimum absolute atomic E-state index is 0.205. The fourth-order valence-electron chi connectivity index (χ4n) is 6.83. The van der Waals surface area contributed by atoms with Gasteiger partial charge >= 0.3 is 0 Å². The van der Waals surface area contributed by atoms with Crippen LogP contribution in [-0.2, 0) is 26.7 Å². The minimum atomic E-state index is -4.18. The molecule has 0 saturated heterocycles. The van der Waals surface area contributed by atoms with Crippen LogP contribution in [0.3, 0.4) is 0 Å². The van der Waals surface area contributed by atoms with Crippen molar-refractivity contribution in [2.45, 2.75) is 58.8 Å². The summed E-state index contributed by atoms with van der Waals surface area (Å²) in [7, 11) is -4.18. The Balaban J connectivity index is 1.38. The summed E-state index contributed by atoms with van der Waals surface area (Å²) in [5.74, 6) is -0.359. The summed E-state index contributed by atoms with van der Waals surface area (Å²) in [5, 5.41) is 6.73. The van der Waals surface area contributed by atoms with Gasteiger partial charge in [0.2, 0.25) is 0 Å². The largest absolute Gasteiger partial charge is 0.384 e. The van der Waals surface area contributed by atoms with Crippen LogP contribution >= 0.6 is 11.6 Å². The van der Waals surface area contributed by atoms with Crippen molar-refractivity contribution in [3.8, 4) is 11.1 Å². The quantitative estimate of drug-likeness (QED) is 0.0937. The van der Waals surface area contributed by atoms with Crippen LogP contribution in [0.5, 0.6) is 0 Å². The number of aryl methyl sites for hydroxylation is 1. The number of nitrogens with one attached hydrogen (secondary N) is 2. The predicted octanol–water partition coefficient (Wildman–Crippen LogP) is 8.95. The van der Waals surface area contributed by atoms with Crippen molar-refractivity contribution >= 4 is 45.2 Å². The molecule has 3 N–H and O–H groups in total. The smallest absolute Gasteiger partial charge is 0.266 e. The van der Waals surface area contributed by atoms with Gasteiger partial charge in [0.25, 0.3) is 16.0 Å². The molecule has 0 fully saturated rings. The topological polar surface area (TPSA) is 113 Å². The third-order valence-corrected chi connectivity index (χ3v) is 11.0. The molecule has 0 saturated carbocycles. The Kier molecular flexibility index (Phi) is 11.9. The van der Waals surface area contributed by atoms with Gasteiger partial charge < -0.3 is 15.4 Å². The summed E-state index contributed by atoms with van der Waals surface area (Å²) in [4.78, 5) is 25.8. The highest BCUT2D eigenvalue weighted by Crippen LogP contribution is 2.40. The van der Waals surface area contributed by atoms with E-state index in [1.807, 2.05) is 49.4 Å². The van der Waals surface area contributed by atoms with E-state index in [1.54, 1.807) is 12.1 Å². The first kappa shape index (κ1) is 38.0. The standard InChI is InChI=1S/C42H47ClN2O5S/c1-29-25-37(43)19-22-39(29)33-13-20-38(21-14-33)45-27-42(28-46,26-30-5-7-34(8-6-30)40(47)44-23-24-51(48,49)50)36-17-11-32(12-18-36)31-9-15-35(16-10-31)41(2,3)4/h5-9,11-14,17-22,25,28,35,45H,10,15-16,23-24,26-27H2,1-4H3,(H,44,47)(H,48,49,50)/t35-,42-/m0/s1. The maximum absolute atomic E-state index is 13.3. The lowest BCUT2D eigenvalue weighted by Gasteiger charge is -2.33. The molecular weight excluding hydrogens is 680 g/mol. The van der Waals surface area contributed by atoms with Crippen molar-refractivity contribution in [1.82, 2.24) is 5.32 Å². The van der Waals surface area contributed by atoms with E-state index in [2.05, 4.69) is 73.9 Å². The van der Waals surface area contributed by atoms with Crippen LogP contribution in [0.4, 0.5) is 5.69 Å². The third kappa shape index (κ3) is 9.97. The summed E-state index contributed by atoms with van der Waals surface area (Å²) < 4.78 is 31.0. The molecule has 5 rings (SSSR count). The van der Waals surface area contributed by atoms with Crippen molar-refractivity contribution in [1.29, 1.82) is 0 Å². The number of aldehydes is 1. The summed E-state index contributed by atoms with van der Waals surface area (Å²) in [6, 6.07) is 29.3. The molecule has 1 aliphatic carbocycles. The molecular formula is C42H47ClN2O5S. The molecule has 0 bridgehead atoms. The second-order valence-corrected chi connectivity index (χ2v) is 16.7. The first-order valence-corrected chi connectivity index (χ1v) is 19.3. The van der Waals surface area contributed by atoms with Gasteiger partial charge in [-0.15, -0.1) is 0 Å². The Labute approximate surface area is 307 Å². The van der Waals surface area contributed by atoms with Gasteiger partial charge in [-0.05, 0) is 119 Å². The fourth-order valence-corrected chi connectivity index (χ4v) is 7.42. The van der Waals surface area contributed by atoms with Gasteiger partial charge in [-0.25, -0.2) is 0 Å². The molecule has 0 spiro atoms. The van der Waals surface area contributed by atoms with E-state index in [4.69, 9.17) is 16.2 Å². The van der Waals surface area contributed by atoms with Crippen molar-refractivity contribution in [2.24, 2.45) is 11.3 Å². The van der Waals surface area contributed by atoms with Crippen LogP contribution in [0.25, 0.3) is 16.7 Å². The zero-order valence-electron chi connectivity index (χ0n) is 29.7. The van der Waals surface area contributed by atoms with Crippen LogP contribution in [0.2, 0.25) is 5.02 Å². The van der Waals surface area contributed by atoms with Crippen molar-refractivity contribution in [3.63, 3.8) is 0 Å². The lowest BCUT2D eigenvalue weighted by atomic mass is 9.72. The van der Waals surface area contributed by atoms with Crippen molar-refractivity contribution in [3.05, 3.63) is 130 Å². The zero-order valence-corrected chi connectivity index (χ0v) is 31.3. The number of carbonyl (C=O) groups is 2. The highest BCUT2D eigenvalue weighted by molar-refractivity contribution is 7.85. The molecule has 51 heavy (non-hydrogen) atoms. The van der Waals surface area contributed by atoms with Crippen LogP contribution in [0.1, 0.15) is 72.6 Å². The van der Waals surface area contributed by atoms with E-state index in [-0.39, 0.29) is 12.0 Å². The van der Waals surface area contributed by atoms with E-state index in [0.29, 0.717) is 29.5 Å². The van der Waals surface area contributed by atoms with Crippen LogP contribution in [-0.4, -0.2) is 44.0 Å². The van der Waals surface area contributed by atoms with Gasteiger partial charge in [0, 0.05) is 29.4 Å². The van der Waals surface area contributed by atoms with Gasteiger partial charge in [0.1, 0.15) is 6.29 Å². The predicted molar refractivity (Wildman–Crippen MR) is 208 cm³/mol. The number of halogens is 1. The normalized spacial score (nSPS) is 16.1. The fraction of sp³-hybridized carbons (Fsp3) is 0.333. The van der Waals surface area contributed by atoms with Gasteiger partial charge in [-0.1, -0.05) is 93.0 Å².